The highest BCUT2D eigenvalue weighted by Crippen LogP contribution is 2.21. The first-order chi connectivity index (χ1) is 6.27. The number of rotatable bonds is 3. The number of benzene rings is 1. The van der Waals surface area contributed by atoms with E-state index in [4.69, 9.17) is 17.1 Å². The van der Waals surface area contributed by atoms with Gasteiger partial charge in [0.25, 0.3) is 0 Å². The van der Waals surface area contributed by atoms with Crippen molar-refractivity contribution in [2.45, 2.75) is 6.54 Å². The summed E-state index contributed by atoms with van der Waals surface area (Å²) in [4.78, 5) is 0. The predicted molar refractivity (Wildman–Crippen MR) is 58.1 cm³/mol. The number of hydrogen-bond donors (Lipinski definition) is 0. The zero-order valence-electron chi connectivity index (χ0n) is 6.58. The highest BCUT2D eigenvalue weighted by Gasteiger charge is 2.05. The Balaban J connectivity index is 2.82. The molecule has 0 saturated heterocycles. The molecule has 68 valence electrons. The molecule has 1 aromatic rings. The molecule has 0 aromatic heterocycles. The van der Waals surface area contributed by atoms with Gasteiger partial charge in [0, 0.05) is 5.56 Å². The maximum Gasteiger partial charge on any atom is 0.189 e. The number of nitriles is 1. The van der Waals surface area contributed by atoms with Gasteiger partial charge in [0.15, 0.2) is 11.9 Å². The topological polar surface area (TPSA) is 36.3 Å². The molecule has 0 unspecified atom stereocenters. The Kier molecular flexibility index (Phi) is 4.12. The van der Waals surface area contributed by atoms with E-state index in [1.165, 1.54) is 3.11 Å². The zero-order valence-corrected chi connectivity index (χ0v) is 9.49. The van der Waals surface area contributed by atoms with E-state index in [1.807, 2.05) is 47.3 Å². The number of hydrogen-bond acceptors (Lipinski definition) is 3. The van der Waals surface area contributed by atoms with E-state index < -0.39 is 0 Å². The number of halogens is 2. The van der Waals surface area contributed by atoms with Crippen LogP contribution in [0.2, 0.25) is 0 Å². The summed E-state index contributed by atoms with van der Waals surface area (Å²) in [5.41, 5.74) is 0.883. The van der Waals surface area contributed by atoms with Crippen molar-refractivity contribution in [2.75, 3.05) is 0 Å². The van der Waals surface area contributed by atoms with Gasteiger partial charge in [-0.3, -0.25) is 0 Å². The van der Waals surface area contributed by atoms with Crippen LogP contribution in [-0.4, -0.2) is 3.11 Å². The summed E-state index contributed by atoms with van der Waals surface area (Å²) in [5, 5.41) is 8.55. The molecule has 0 amide bonds. The molecule has 0 N–H and O–H groups in total. The van der Waals surface area contributed by atoms with E-state index in [0.29, 0.717) is 12.3 Å². The van der Waals surface area contributed by atoms with Crippen LogP contribution in [0.3, 0.4) is 0 Å². The summed E-state index contributed by atoms with van der Waals surface area (Å²) in [6.07, 6.45) is 1.99. The average Bonchev–Trinajstić information content (AvgIpc) is 2.18. The van der Waals surface area contributed by atoms with Crippen LogP contribution in [0.15, 0.2) is 24.3 Å². The second-order valence-electron chi connectivity index (χ2n) is 2.31. The van der Waals surface area contributed by atoms with Crippen molar-refractivity contribution < 1.29 is 4.29 Å². The van der Waals surface area contributed by atoms with E-state index in [9.17, 15) is 0 Å². The van der Waals surface area contributed by atoms with Crippen LogP contribution >= 0.6 is 34.7 Å². The van der Waals surface area contributed by atoms with Crippen molar-refractivity contribution in [2.24, 2.45) is 0 Å². The third kappa shape index (κ3) is 2.94. The Hall–Kier alpha value is -0.670. The largest absolute Gasteiger partial charge is 0.385 e. The van der Waals surface area contributed by atoms with Crippen LogP contribution in [0, 0.1) is 11.5 Å². The molecule has 0 spiro atoms. The lowest BCUT2D eigenvalue weighted by Gasteiger charge is -2.08. The van der Waals surface area contributed by atoms with E-state index >= 15 is 0 Å². The lowest BCUT2D eigenvalue weighted by molar-refractivity contribution is 0.587. The smallest absolute Gasteiger partial charge is 0.189 e. The molecule has 13 heavy (non-hydrogen) atoms. The Labute approximate surface area is 95.5 Å². The van der Waals surface area contributed by atoms with Gasteiger partial charge >= 0.3 is 0 Å². The van der Waals surface area contributed by atoms with Crippen molar-refractivity contribution >= 4 is 34.7 Å². The van der Waals surface area contributed by atoms with Crippen LogP contribution in [0.4, 0.5) is 0 Å². The van der Waals surface area contributed by atoms with Crippen LogP contribution in [0.25, 0.3) is 0 Å². The standard InChI is InChI=1S/C8H6ClIN2O/c9-13-8-4-2-1-3-7(8)5-12(10)6-11/h1-4H,5H2. The molecule has 1 rings (SSSR count). The molecule has 0 aliphatic heterocycles. The Morgan fingerprint density at radius 2 is 2.23 bits per heavy atom. The SMILES string of the molecule is N#CN(I)Cc1ccccc1OCl. The van der Waals surface area contributed by atoms with E-state index in [1.54, 1.807) is 6.07 Å². The summed E-state index contributed by atoms with van der Waals surface area (Å²) in [6, 6.07) is 7.31. The molecule has 0 aliphatic carbocycles. The molecule has 0 heterocycles. The van der Waals surface area contributed by atoms with Gasteiger partial charge in [0.2, 0.25) is 0 Å². The highest BCUT2D eigenvalue weighted by atomic mass is 127. The molecule has 0 fully saturated rings. The monoisotopic (exact) mass is 308 g/mol. The lowest BCUT2D eigenvalue weighted by Crippen LogP contribution is -2.03. The van der Waals surface area contributed by atoms with Crippen molar-refractivity contribution in [1.82, 2.24) is 3.11 Å². The summed E-state index contributed by atoms with van der Waals surface area (Å²) >= 11 is 7.17. The number of para-hydroxylation sites is 1. The van der Waals surface area contributed by atoms with Crippen LogP contribution in [0.1, 0.15) is 5.56 Å². The molecule has 0 atom stereocenters. The molecular formula is C8H6ClIN2O. The van der Waals surface area contributed by atoms with Gasteiger partial charge in [-0.1, -0.05) is 18.2 Å². The van der Waals surface area contributed by atoms with Crippen molar-refractivity contribution in [3.8, 4) is 11.9 Å². The number of nitrogens with zero attached hydrogens (tertiary/aromatic N) is 2. The summed E-state index contributed by atoms with van der Waals surface area (Å²) < 4.78 is 6.09. The molecule has 0 aliphatic rings. The Morgan fingerprint density at radius 1 is 1.54 bits per heavy atom. The van der Waals surface area contributed by atoms with Gasteiger partial charge < -0.3 is 4.29 Å². The fourth-order valence-corrected chi connectivity index (χ4v) is 1.41. The summed E-state index contributed by atoms with van der Waals surface area (Å²) in [6.45, 7) is 0.486. The summed E-state index contributed by atoms with van der Waals surface area (Å²) in [7, 11) is 0. The Bertz CT molecular complexity index is 326. The molecule has 5 heteroatoms. The maximum absolute atomic E-state index is 8.55. The van der Waals surface area contributed by atoms with Crippen LogP contribution in [0.5, 0.6) is 5.75 Å². The second kappa shape index (κ2) is 5.14. The highest BCUT2D eigenvalue weighted by molar-refractivity contribution is 14.1. The van der Waals surface area contributed by atoms with Gasteiger partial charge in [-0.25, -0.2) is 3.11 Å². The fourth-order valence-electron chi connectivity index (χ4n) is 0.895. The van der Waals surface area contributed by atoms with Crippen LogP contribution < -0.4 is 4.29 Å². The lowest BCUT2D eigenvalue weighted by atomic mass is 10.2. The zero-order chi connectivity index (χ0) is 9.68. The quantitative estimate of drug-likeness (QED) is 0.373. The third-order valence-corrected chi connectivity index (χ3v) is 2.20. The minimum atomic E-state index is 0.486. The van der Waals surface area contributed by atoms with Crippen molar-refractivity contribution in [3.63, 3.8) is 0 Å². The van der Waals surface area contributed by atoms with Gasteiger partial charge in [0.05, 0.1) is 29.4 Å². The van der Waals surface area contributed by atoms with E-state index in [-0.39, 0.29) is 0 Å². The van der Waals surface area contributed by atoms with E-state index in [0.717, 1.165) is 5.56 Å². The molecule has 0 radical (unpaired) electrons. The third-order valence-electron chi connectivity index (χ3n) is 1.47. The first-order valence-corrected chi connectivity index (χ1v) is 4.75. The van der Waals surface area contributed by atoms with Gasteiger partial charge in [0.1, 0.15) is 11.9 Å². The van der Waals surface area contributed by atoms with Gasteiger partial charge in [-0.05, 0) is 6.07 Å². The van der Waals surface area contributed by atoms with Crippen LogP contribution in [-0.2, 0) is 6.54 Å². The first kappa shape index (κ1) is 10.4. The minimum absolute atomic E-state index is 0.486. The normalized spacial score (nSPS) is 9.00. The molecule has 0 saturated carbocycles. The van der Waals surface area contributed by atoms with E-state index in [2.05, 4.69) is 4.29 Å². The molecular weight excluding hydrogens is 302 g/mol. The first-order valence-electron chi connectivity index (χ1n) is 3.47. The maximum atomic E-state index is 8.55. The fraction of sp³-hybridized carbons (Fsp3) is 0.125. The second-order valence-corrected chi connectivity index (χ2v) is 3.62. The minimum Gasteiger partial charge on any atom is -0.385 e. The van der Waals surface area contributed by atoms with Gasteiger partial charge in [-0.15, -0.1) is 0 Å². The van der Waals surface area contributed by atoms with Crippen molar-refractivity contribution in [1.29, 1.82) is 5.26 Å². The average molecular weight is 309 g/mol. The summed E-state index contributed by atoms with van der Waals surface area (Å²) in [5.74, 6) is 0.584. The molecule has 0 bridgehead atoms. The van der Waals surface area contributed by atoms with Gasteiger partial charge in [-0.2, -0.15) is 5.26 Å². The van der Waals surface area contributed by atoms with Crippen molar-refractivity contribution in [3.05, 3.63) is 29.8 Å². The molecule has 1 aromatic carbocycles. The molecule has 3 nitrogen and oxygen atoms in total. The predicted octanol–water partition coefficient (Wildman–Crippen LogP) is 2.85. The Morgan fingerprint density at radius 3 is 2.85 bits per heavy atom.